The summed E-state index contributed by atoms with van der Waals surface area (Å²) in [7, 11) is 0. The van der Waals surface area contributed by atoms with Gasteiger partial charge in [0.1, 0.15) is 0 Å². The minimum Gasteiger partial charge on any atom is -0.387 e. The molecule has 0 saturated heterocycles. The van der Waals surface area contributed by atoms with Crippen molar-refractivity contribution in [2.24, 2.45) is 11.1 Å². The van der Waals surface area contributed by atoms with Crippen LogP contribution in [0.3, 0.4) is 0 Å². The summed E-state index contributed by atoms with van der Waals surface area (Å²) in [6, 6.07) is 8.30. The second-order valence-corrected chi connectivity index (χ2v) is 7.02. The number of nitrogens with one attached hydrogen (secondary N) is 1. The molecule has 18 heavy (non-hydrogen) atoms. The molecule has 0 bridgehead atoms. The van der Waals surface area contributed by atoms with Crippen LogP contribution < -0.4 is 5.73 Å². The average molecular weight is 329 g/mol. The van der Waals surface area contributed by atoms with Gasteiger partial charge in [-0.2, -0.15) is 0 Å². The maximum atomic E-state index is 7.51. The molecule has 0 aliphatic heterocycles. The molecule has 0 heterocycles. The van der Waals surface area contributed by atoms with E-state index in [1.807, 2.05) is 31.7 Å². The minimum atomic E-state index is -0.155. The summed E-state index contributed by atoms with van der Waals surface area (Å²) < 4.78 is 1.17. The first-order valence-electron chi connectivity index (χ1n) is 6.15. The molecule has 100 valence electrons. The summed E-state index contributed by atoms with van der Waals surface area (Å²) >= 11 is 5.42. The molecule has 4 heteroatoms. The molecular formula is C14H21BrN2S. The van der Waals surface area contributed by atoms with E-state index >= 15 is 0 Å². The van der Waals surface area contributed by atoms with Crippen LogP contribution in [0.1, 0.15) is 33.1 Å². The molecule has 1 aromatic carbocycles. The largest absolute Gasteiger partial charge is 0.387 e. The second kappa shape index (κ2) is 7.19. The Bertz CT molecular complexity index is 405. The summed E-state index contributed by atoms with van der Waals surface area (Å²) in [5.41, 5.74) is 5.41. The summed E-state index contributed by atoms with van der Waals surface area (Å²) in [6.45, 7) is 4.08. The van der Waals surface area contributed by atoms with Gasteiger partial charge in [-0.3, -0.25) is 5.41 Å². The Labute approximate surface area is 122 Å². The SMILES string of the molecule is CC(C)(CCCCSc1ccccc1Br)C(=N)N. The molecule has 0 saturated carbocycles. The van der Waals surface area contributed by atoms with Crippen molar-refractivity contribution in [2.45, 2.75) is 38.0 Å². The fourth-order valence-electron chi connectivity index (χ4n) is 1.55. The van der Waals surface area contributed by atoms with Crippen LogP contribution in [-0.4, -0.2) is 11.6 Å². The van der Waals surface area contributed by atoms with Gasteiger partial charge in [0, 0.05) is 14.8 Å². The van der Waals surface area contributed by atoms with Crippen LogP contribution in [0.4, 0.5) is 0 Å². The van der Waals surface area contributed by atoms with E-state index in [1.165, 1.54) is 9.37 Å². The smallest absolute Gasteiger partial charge is 0.0963 e. The zero-order chi connectivity index (χ0) is 13.6. The van der Waals surface area contributed by atoms with Crippen molar-refractivity contribution < 1.29 is 0 Å². The van der Waals surface area contributed by atoms with Gasteiger partial charge in [0.05, 0.1) is 5.84 Å². The first kappa shape index (κ1) is 15.6. The third-order valence-corrected chi connectivity index (χ3v) is 5.13. The number of benzene rings is 1. The maximum Gasteiger partial charge on any atom is 0.0963 e. The fraction of sp³-hybridized carbons (Fsp3) is 0.500. The van der Waals surface area contributed by atoms with Crippen LogP contribution >= 0.6 is 27.7 Å². The van der Waals surface area contributed by atoms with Crippen molar-refractivity contribution in [3.63, 3.8) is 0 Å². The van der Waals surface area contributed by atoms with E-state index in [9.17, 15) is 0 Å². The highest BCUT2D eigenvalue weighted by Gasteiger charge is 2.20. The summed E-state index contributed by atoms with van der Waals surface area (Å²) in [4.78, 5) is 1.29. The van der Waals surface area contributed by atoms with Crippen LogP contribution in [0.5, 0.6) is 0 Å². The molecule has 0 aliphatic rings. The van der Waals surface area contributed by atoms with E-state index < -0.39 is 0 Å². The Morgan fingerprint density at radius 1 is 1.33 bits per heavy atom. The van der Waals surface area contributed by atoms with Crippen molar-refractivity contribution in [1.29, 1.82) is 5.41 Å². The number of hydrogen-bond donors (Lipinski definition) is 2. The number of nitrogens with two attached hydrogens (primary N) is 1. The van der Waals surface area contributed by atoms with E-state index in [0.717, 1.165) is 25.0 Å². The van der Waals surface area contributed by atoms with Gasteiger partial charge in [-0.25, -0.2) is 0 Å². The highest BCUT2D eigenvalue weighted by atomic mass is 79.9. The van der Waals surface area contributed by atoms with Crippen molar-refractivity contribution >= 4 is 33.5 Å². The Balaban J connectivity index is 2.24. The van der Waals surface area contributed by atoms with E-state index in [4.69, 9.17) is 11.1 Å². The van der Waals surface area contributed by atoms with Crippen LogP contribution in [0.15, 0.2) is 33.6 Å². The number of unbranched alkanes of at least 4 members (excludes halogenated alkanes) is 1. The van der Waals surface area contributed by atoms with Gasteiger partial charge in [0.25, 0.3) is 0 Å². The zero-order valence-corrected chi connectivity index (χ0v) is 13.4. The van der Waals surface area contributed by atoms with Crippen LogP contribution in [-0.2, 0) is 0 Å². The molecule has 0 amide bonds. The molecule has 0 unspecified atom stereocenters. The quantitative estimate of drug-likeness (QED) is 0.330. The van der Waals surface area contributed by atoms with Gasteiger partial charge in [-0.1, -0.05) is 32.4 Å². The summed E-state index contributed by atoms with van der Waals surface area (Å²) in [6.07, 6.45) is 3.26. The Kier molecular flexibility index (Phi) is 6.22. The predicted molar refractivity (Wildman–Crippen MR) is 84.4 cm³/mol. The highest BCUT2D eigenvalue weighted by Crippen LogP contribution is 2.29. The van der Waals surface area contributed by atoms with Crippen LogP contribution in [0.25, 0.3) is 0 Å². The Morgan fingerprint density at radius 3 is 2.61 bits per heavy atom. The van der Waals surface area contributed by atoms with Crippen LogP contribution in [0, 0.1) is 10.8 Å². The van der Waals surface area contributed by atoms with Gasteiger partial charge in [0.15, 0.2) is 0 Å². The maximum absolute atomic E-state index is 7.51. The first-order chi connectivity index (χ1) is 8.43. The number of hydrogen-bond acceptors (Lipinski definition) is 2. The van der Waals surface area contributed by atoms with Gasteiger partial charge < -0.3 is 5.73 Å². The lowest BCUT2D eigenvalue weighted by Gasteiger charge is -2.22. The number of thioether (sulfide) groups is 1. The lowest BCUT2D eigenvalue weighted by molar-refractivity contribution is 0.448. The number of amidine groups is 1. The number of rotatable bonds is 7. The van der Waals surface area contributed by atoms with Crippen LogP contribution in [0.2, 0.25) is 0 Å². The second-order valence-electron chi connectivity index (χ2n) is 5.03. The molecule has 2 nitrogen and oxygen atoms in total. The molecular weight excluding hydrogens is 308 g/mol. The van der Waals surface area contributed by atoms with Crippen molar-refractivity contribution in [3.05, 3.63) is 28.7 Å². The third kappa shape index (κ3) is 5.02. The highest BCUT2D eigenvalue weighted by molar-refractivity contribution is 9.10. The van der Waals surface area contributed by atoms with Crippen molar-refractivity contribution in [3.8, 4) is 0 Å². The summed E-state index contributed by atoms with van der Waals surface area (Å²) in [5.74, 6) is 1.40. The molecule has 0 fully saturated rings. The van der Waals surface area contributed by atoms with Gasteiger partial charge in [0.2, 0.25) is 0 Å². The monoisotopic (exact) mass is 328 g/mol. The lowest BCUT2D eigenvalue weighted by Crippen LogP contribution is -2.30. The molecule has 1 aromatic rings. The Morgan fingerprint density at radius 2 is 2.00 bits per heavy atom. The summed E-state index contributed by atoms with van der Waals surface area (Å²) in [5, 5.41) is 7.51. The normalized spacial score (nSPS) is 11.5. The zero-order valence-electron chi connectivity index (χ0n) is 11.0. The van der Waals surface area contributed by atoms with E-state index in [2.05, 4.69) is 34.1 Å². The van der Waals surface area contributed by atoms with Gasteiger partial charge >= 0.3 is 0 Å². The van der Waals surface area contributed by atoms with Gasteiger partial charge in [-0.15, -0.1) is 11.8 Å². The van der Waals surface area contributed by atoms with E-state index in [-0.39, 0.29) is 5.41 Å². The molecule has 0 atom stereocenters. The molecule has 3 N–H and O–H groups in total. The molecule has 0 aliphatic carbocycles. The Hall–Kier alpha value is -0.480. The molecule has 0 aromatic heterocycles. The third-order valence-electron chi connectivity index (χ3n) is 3.02. The van der Waals surface area contributed by atoms with Crippen molar-refractivity contribution in [1.82, 2.24) is 0 Å². The number of halogens is 1. The molecule has 0 spiro atoms. The standard InChI is InChI=1S/C14H21BrN2S/c1-14(2,13(16)17)9-5-6-10-18-12-8-4-3-7-11(12)15/h3-4,7-8H,5-6,9-10H2,1-2H3,(H3,16,17). The lowest BCUT2D eigenvalue weighted by atomic mass is 9.86. The van der Waals surface area contributed by atoms with Gasteiger partial charge in [-0.05, 0) is 46.7 Å². The average Bonchev–Trinajstić information content (AvgIpc) is 2.30. The fourth-order valence-corrected chi connectivity index (χ4v) is 3.12. The first-order valence-corrected chi connectivity index (χ1v) is 7.93. The molecule has 0 radical (unpaired) electrons. The minimum absolute atomic E-state index is 0.155. The van der Waals surface area contributed by atoms with E-state index in [0.29, 0.717) is 5.84 Å². The predicted octanol–water partition coefficient (Wildman–Crippen LogP) is 4.67. The van der Waals surface area contributed by atoms with Crippen molar-refractivity contribution in [2.75, 3.05) is 5.75 Å². The molecule has 1 rings (SSSR count). The van der Waals surface area contributed by atoms with E-state index in [1.54, 1.807) is 0 Å². The topological polar surface area (TPSA) is 49.9 Å².